The van der Waals surface area contributed by atoms with Crippen LogP contribution in [0, 0.1) is 5.92 Å². The summed E-state index contributed by atoms with van der Waals surface area (Å²) in [5.74, 6) is 5.84. The Morgan fingerprint density at radius 2 is 1.88 bits per heavy atom. The molecule has 0 fully saturated rings. The summed E-state index contributed by atoms with van der Waals surface area (Å²) < 4.78 is 0. The minimum atomic E-state index is -0.284. The maximum atomic E-state index is 11.9. The number of hydrazine groups is 1. The smallest absolute Gasteiger partial charge is 0.238 e. The first-order valence-corrected chi connectivity index (χ1v) is 6.44. The van der Waals surface area contributed by atoms with Crippen molar-refractivity contribution < 1.29 is 4.79 Å². The quantitative estimate of drug-likeness (QED) is 0.268. The van der Waals surface area contributed by atoms with Crippen molar-refractivity contribution in [2.45, 2.75) is 52.1 Å². The topological polar surface area (TPSA) is 79.2 Å². The van der Waals surface area contributed by atoms with Crippen LogP contribution in [0.25, 0.3) is 0 Å². The van der Waals surface area contributed by atoms with E-state index in [1.54, 1.807) is 0 Å². The zero-order valence-corrected chi connectivity index (χ0v) is 11.5. The molecule has 17 heavy (non-hydrogen) atoms. The van der Waals surface area contributed by atoms with Crippen LogP contribution in [0.1, 0.15) is 40.0 Å². The number of carbonyl (C=O) groups is 1. The fourth-order valence-electron chi connectivity index (χ4n) is 1.43. The van der Waals surface area contributed by atoms with Crippen LogP contribution in [-0.2, 0) is 4.79 Å². The summed E-state index contributed by atoms with van der Waals surface area (Å²) in [6, 6.07) is -0.108. The van der Waals surface area contributed by atoms with Crippen LogP contribution in [0.4, 0.5) is 0 Å². The van der Waals surface area contributed by atoms with Crippen LogP contribution < -0.4 is 21.9 Å². The molecule has 1 amide bonds. The third kappa shape index (κ3) is 7.31. The lowest BCUT2D eigenvalue weighted by Crippen LogP contribution is -2.50. The van der Waals surface area contributed by atoms with Crippen molar-refractivity contribution in [2.75, 3.05) is 13.6 Å². The molecule has 5 N–H and O–H groups in total. The monoisotopic (exact) mass is 244 g/mol. The molecule has 0 radical (unpaired) electrons. The Hall–Kier alpha value is -0.650. The van der Waals surface area contributed by atoms with Gasteiger partial charge in [0.2, 0.25) is 5.91 Å². The van der Waals surface area contributed by atoms with Gasteiger partial charge in [-0.25, -0.2) is 5.43 Å². The van der Waals surface area contributed by atoms with E-state index in [0.717, 1.165) is 25.8 Å². The SMILES string of the molecule is CNCCCCC(NN)C(=O)NC(C)C(C)C. The molecule has 0 aliphatic heterocycles. The van der Waals surface area contributed by atoms with Crippen molar-refractivity contribution in [3.05, 3.63) is 0 Å². The van der Waals surface area contributed by atoms with Crippen molar-refractivity contribution in [1.82, 2.24) is 16.1 Å². The molecule has 2 atom stereocenters. The second kappa shape index (κ2) is 9.39. The van der Waals surface area contributed by atoms with E-state index >= 15 is 0 Å². The average Bonchev–Trinajstić information content (AvgIpc) is 2.28. The first kappa shape index (κ1) is 16.4. The molecule has 0 aromatic carbocycles. The summed E-state index contributed by atoms with van der Waals surface area (Å²) in [4.78, 5) is 11.9. The molecular weight excluding hydrogens is 216 g/mol. The van der Waals surface area contributed by atoms with Gasteiger partial charge in [0.05, 0.1) is 6.04 Å². The predicted molar refractivity (Wildman–Crippen MR) is 71.3 cm³/mol. The number of amides is 1. The van der Waals surface area contributed by atoms with Crippen LogP contribution >= 0.6 is 0 Å². The van der Waals surface area contributed by atoms with Crippen molar-refractivity contribution in [3.63, 3.8) is 0 Å². The molecule has 0 saturated carbocycles. The molecule has 0 aliphatic rings. The van der Waals surface area contributed by atoms with E-state index in [0.29, 0.717) is 5.92 Å². The Morgan fingerprint density at radius 3 is 2.35 bits per heavy atom. The molecular formula is C12H28N4O. The van der Waals surface area contributed by atoms with Gasteiger partial charge in [0, 0.05) is 6.04 Å². The average molecular weight is 244 g/mol. The lowest BCUT2D eigenvalue weighted by molar-refractivity contribution is -0.124. The Morgan fingerprint density at radius 1 is 1.24 bits per heavy atom. The van der Waals surface area contributed by atoms with Gasteiger partial charge in [0.25, 0.3) is 0 Å². The van der Waals surface area contributed by atoms with Gasteiger partial charge in [0.1, 0.15) is 0 Å². The molecule has 2 unspecified atom stereocenters. The molecule has 0 aromatic heterocycles. The second-order valence-corrected chi connectivity index (χ2v) is 4.86. The number of nitrogens with one attached hydrogen (secondary N) is 3. The minimum absolute atomic E-state index is 0.00171. The number of nitrogens with two attached hydrogens (primary N) is 1. The van der Waals surface area contributed by atoms with Gasteiger partial charge < -0.3 is 10.6 Å². The highest BCUT2D eigenvalue weighted by Crippen LogP contribution is 2.03. The van der Waals surface area contributed by atoms with Crippen molar-refractivity contribution >= 4 is 5.91 Å². The zero-order valence-electron chi connectivity index (χ0n) is 11.5. The number of unbranched alkanes of at least 4 members (excludes halogenated alkanes) is 1. The van der Waals surface area contributed by atoms with E-state index in [1.165, 1.54) is 0 Å². The molecule has 0 spiro atoms. The van der Waals surface area contributed by atoms with Gasteiger partial charge in [-0.2, -0.15) is 0 Å². The maximum absolute atomic E-state index is 11.9. The van der Waals surface area contributed by atoms with Gasteiger partial charge in [0.15, 0.2) is 0 Å². The first-order chi connectivity index (χ1) is 8.02. The highest BCUT2D eigenvalue weighted by atomic mass is 16.2. The predicted octanol–water partition coefficient (Wildman–Crippen LogP) is 0.369. The van der Waals surface area contributed by atoms with Gasteiger partial charge in [-0.15, -0.1) is 0 Å². The van der Waals surface area contributed by atoms with E-state index in [4.69, 9.17) is 5.84 Å². The molecule has 102 valence electrons. The van der Waals surface area contributed by atoms with Gasteiger partial charge in [-0.05, 0) is 39.3 Å². The standard InChI is InChI=1S/C12H28N4O/c1-9(2)10(3)15-12(17)11(16-13)7-5-6-8-14-4/h9-11,14,16H,5-8,13H2,1-4H3,(H,15,17). The van der Waals surface area contributed by atoms with Crippen LogP contribution in [-0.4, -0.2) is 31.6 Å². The minimum Gasteiger partial charge on any atom is -0.352 e. The number of hydrogen-bond donors (Lipinski definition) is 4. The van der Waals surface area contributed by atoms with Crippen molar-refractivity contribution in [2.24, 2.45) is 11.8 Å². The van der Waals surface area contributed by atoms with Crippen LogP contribution in [0.2, 0.25) is 0 Å². The Balaban J connectivity index is 3.95. The second-order valence-electron chi connectivity index (χ2n) is 4.86. The van der Waals surface area contributed by atoms with E-state index in [-0.39, 0.29) is 18.0 Å². The molecule has 0 bridgehead atoms. The van der Waals surface area contributed by atoms with E-state index in [1.807, 2.05) is 14.0 Å². The largest absolute Gasteiger partial charge is 0.352 e. The molecule has 0 saturated heterocycles. The third-order valence-electron chi connectivity index (χ3n) is 3.06. The third-order valence-corrected chi connectivity index (χ3v) is 3.06. The summed E-state index contributed by atoms with van der Waals surface area (Å²) in [6.07, 6.45) is 2.82. The molecule has 5 nitrogen and oxygen atoms in total. The van der Waals surface area contributed by atoms with Crippen LogP contribution in [0.5, 0.6) is 0 Å². The molecule has 0 aliphatic carbocycles. The Labute approximate surface area is 105 Å². The van der Waals surface area contributed by atoms with Crippen molar-refractivity contribution in [3.8, 4) is 0 Å². The summed E-state index contributed by atoms with van der Waals surface area (Å²) in [5.41, 5.74) is 2.59. The molecule has 0 heterocycles. The Bertz CT molecular complexity index is 209. The maximum Gasteiger partial charge on any atom is 0.238 e. The Kier molecular flexibility index (Phi) is 9.03. The number of hydrogen-bond acceptors (Lipinski definition) is 4. The lowest BCUT2D eigenvalue weighted by atomic mass is 10.0. The van der Waals surface area contributed by atoms with E-state index in [2.05, 4.69) is 29.9 Å². The summed E-state index contributed by atoms with van der Waals surface area (Å²) >= 11 is 0. The number of carbonyl (C=O) groups excluding carboxylic acids is 1. The normalized spacial score (nSPS) is 14.7. The van der Waals surface area contributed by atoms with Crippen LogP contribution in [0.15, 0.2) is 0 Å². The lowest BCUT2D eigenvalue weighted by Gasteiger charge is -2.22. The van der Waals surface area contributed by atoms with Crippen molar-refractivity contribution in [1.29, 1.82) is 0 Å². The summed E-state index contributed by atoms with van der Waals surface area (Å²) in [6.45, 7) is 7.16. The van der Waals surface area contributed by atoms with E-state index in [9.17, 15) is 4.79 Å². The highest BCUT2D eigenvalue weighted by Gasteiger charge is 2.19. The number of rotatable bonds is 9. The molecule has 0 aromatic rings. The zero-order chi connectivity index (χ0) is 13.3. The summed E-state index contributed by atoms with van der Waals surface area (Å²) in [7, 11) is 1.93. The highest BCUT2D eigenvalue weighted by molar-refractivity contribution is 5.81. The summed E-state index contributed by atoms with van der Waals surface area (Å²) in [5, 5.41) is 6.06. The van der Waals surface area contributed by atoms with Crippen LogP contribution in [0.3, 0.4) is 0 Å². The van der Waals surface area contributed by atoms with Gasteiger partial charge >= 0.3 is 0 Å². The fraction of sp³-hybridized carbons (Fsp3) is 0.917. The molecule has 5 heteroatoms. The van der Waals surface area contributed by atoms with E-state index < -0.39 is 0 Å². The van der Waals surface area contributed by atoms with Gasteiger partial charge in [-0.3, -0.25) is 10.6 Å². The molecule has 0 rings (SSSR count). The fourth-order valence-corrected chi connectivity index (χ4v) is 1.43. The van der Waals surface area contributed by atoms with Gasteiger partial charge in [-0.1, -0.05) is 20.3 Å². The first-order valence-electron chi connectivity index (χ1n) is 6.44.